The quantitative estimate of drug-likeness (QED) is 0.387. The molecule has 0 spiro atoms. The molecule has 0 aromatic heterocycles. The third-order valence-electron chi connectivity index (χ3n) is 2.69. The van der Waals surface area contributed by atoms with E-state index in [4.69, 9.17) is 4.74 Å². The van der Waals surface area contributed by atoms with E-state index < -0.39 is 5.41 Å². The Labute approximate surface area is 78.6 Å². The van der Waals surface area contributed by atoms with Crippen LogP contribution in [-0.4, -0.2) is 32.5 Å². The van der Waals surface area contributed by atoms with Crippen LogP contribution < -0.4 is 5.32 Å². The molecule has 76 valence electrons. The minimum Gasteiger partial charge on any atom is -0.438 e. The van der Waals surface area contributed by atoms with Crippen LogP contribution in [0.15, 0.2) is 0 Å². The molecule has 1 rings (SSSR count). The summed E-state index contributed by atoms with van der Waals surface area (Å²) in [6, 6.07) is 0.279. The Morgan fingerprint density at radius 1 is 1.69 bits per heavy atom. The smallest absolute Gasteiger partial charge is 0.315 e. The highest BCUT2D eigenvalue weighted by Gasteiger charge is 2.46. The first-order valence-electron chi connectivity index (χ1n) is 4.54. The number of carbonyl (C=O) groups is 1. The van der Waals surface area contributed by atoms with Gasteiger partial charge in [0.15, 0.2) is 6.79 Å². The third-order valence-corrected chi connectivity index (χ3v) is 2.69. The molecule has 4 heteroatoms. The second-order valence-corrected chi connectivity index (χ2v) is 3.57. The van der Waals surface area contributed by atoms with Crippen LogP contribution in [0.5, 0.6) is 0 Å². The van der Waals surface area contributed by atoms with Gasteiger partial charge in [0.2, 0.25) is 0 Å². The van der Waals surface area contributed by atoms with E-state index in [1.807, 2.05) is 13.8 Å². The molecule has 1 saturated heterocycles. The average Bonchev–Trinajstić information content (AvgIpc) is 2.96. The lowest BCUT2D eigenvalue weighted by Crippen LogP contribution is -2.36. The van der Waals surface area contributed by atoms with Crippen molar-refractivity contribution in [3.05, 3.63) is 0 Å². The van der Waals surface area contributed by atoms with Crippen molar-refractivity contribution in [3.8, 4) is 0 Å². The highest BCUT2D eigenvalue weighted by Crippen LogP contribution is 2.32. The molecular weight excluding hydrogens is 170 g/mol. The SMILES string of the molecule is CCC(C)(C(=O)OCOC)C1CN1. The van der Waals surface area contributed by atoms with Crippen molar-refractivity contribution in [2.45, 2.75) is 26.3 Å². The zero-order valence-corrected chi connectivity index (χ0v) is 8.42. The predicted octanol–water partition coefficient (Wildman–Crippen LogP) is 0.522. The Morgan fingerprint density at radius 2 is 2.31 bits per heavy atom. The molecule has 1 N–H and O–H groups in total. The van der Waals surface area contributed by atoms with Crippen molar-refractivity contribution in [2.75, 3.05) is 20.4 Å². The minimum atomic E-state index is -0.390. The van der Waals surface area contributed by atoms with E-state index in [2.05, 4.69) is 10.1 Å². The fraction of sp³-hybridized carbons (Fsp3) is 0.889. The number of methoxy groups -OCH3 is 1. The van der Waals surface area contributed by atoms with Gasteiger partial charge in [-0.05, 0) is 13.3 Å². The number of nitrogens with one attached hydrogen (secondary N) is 1. The number of rotatable bonds is 5. The monoisotopic (exact) mass is 187 g/mol. The summed E-state index contributed by atoms with van der Waals surface area (Å²) in [5.74, 6) is -0.174. The van der Waals surface area contributed by atoms with Crippen LogP contribution in [0.1, 0.15) is 20.3 Å². The molecule has 0 radical (unpaired) electrons. The Kier molecular flexibility index (Phi) is 3.27. The van der Waals surface area contributed by atoms with Gasteiger partial charge in [0.05, 0.1) is 5.41 Å². The molecule has 1 aliphatic rings. The van der Waals surface area contributed by atoms with Gasteiger partial charge in [-0.1, -0.05) is 6.92 Å². The number of ether oxygens (including phenoxy) is 2. The maximum atomic E-state index is 11.6. The van der Waals surface area contributed by atoms with Gasteiger partial charge >= 0.3 is 5.97 Å². The lowest BCUT2D eigenvalue weighted by atomic mass is 9.84. The average molecular weight is 187 g/mol. The molecule has 4 nitrogen and oxygen atoms in total. The van der Waals surface area contributed by atoms with Crippen LogP contribution in [-0.2, 0) is 14.3 Å². The first-order chi connectivity index (χ1) is 6.15. The topological polar surface area (TPSA) is 57.5 Å². The van der Waals surface area contributed by atoms with Gasteiger partial charge in [0.1, 0.15) is 0 Å². The summed E-state index contributed by atoms with van der Waals surface area (Å²) in [7, 11) is 1.51. The Bertz CT molecular complexity index is 191. The number of hydrogen-bond donors (Lipinski definition) is 1. The minimum absolute atomic E-state index is 0.0428. The molecule has 13 heavy (non-hydrogen) atoms. The molecule has 0 amide bonds. The molecule has 2 atom stereocenters. The fourth-order valence-electron chi connectivity index (χ4n) is 1.32. The van der Waals surface area contributed by atoms with Gasteiger partial charge in [-0.15, -0.1) is 0 Å². The Balaban J connectivity index is 2.48. The van der Waals surface area contributed by atoms with Gasteiger partial charge in [0.25, 0.3) is 0 Å². The zero-order chi connectivity index (χ0) is 9.90. The van der Waals surface area contributed by atoms with Gasteiger partial charge in [-0.3, -0.25) is 4.79 Å². The van der Waals surface area contributed by atoms with Gasteiger partial charge in [-0.25, -0.2) is 0 Å². The molecular formula is C9H17NO3. The van der Waals surface area contributed by atoms with E-state index in [0.29, 0.717) is 0 Å². The number of hydrogen-bond acceptors (Lipinski definition) is 4. The van der Waals surface area contributed by atoms with Crippen LogP contribution in [0.4, 0.5) is 0 Å². The molecule has 1 heterocycles. The molecule has 2 unspecified atom stereocenters. The van der Waals surface area contributed by atoms with Gasteiger partial charge in [-0.2, -0.15) is 0 Å². The lowest BCUT2D eigenvalue weighted by molar-refractivity contribution is -0.165. The van der Waals surface area contributed by atoms with Crippen molar-refractivity contribution >= 4 is 5.97 Å². The summed E-state index contributed by atoms with van der Waals surface area (Å²) in [6.45, 7) is 4.87. The summed E-state index contributed by atoms with van der Waals surface area (Å²) in [5, 5.41) is 3.14. The molecule has 0 saturated carbocycles. The Morgan fingerprint density at radius 3 is 2.69 bits per heavy atom. The maximum absolute atomic E-state index is 11.6. The van der Waals surface area contributed by atoms with E-state index in [1.165, 1.54) is 7.11 Å². The molecule has 0 bridgehead atoms. The molecule has 0 aromatic carbocycles. The molecule has 0 aromatic rings. The zero-order valence-electron chi connectivity index (χ0n) is 8.42. The van der Waals surface area contributed by atoms with Crippen LogP contribution in [0.25, 0.3) is 0 Å². The van der Waals surface area contributed by atoms with E-state index in [9.17, 15) is 4.79 Å². The van der Waals surface area contributed by atoms with Crippen LogP contribution in [0.2, 0.25) is 0 Å². The van der Waals surface area contributed by atoms with E-state index >= 15 is 0 Å². The second kappa shape index (κ2) is 4.07. The summed E-state index contributed by atoms with van der Waals surface area (Å²) >= 11 is 0. The van der Waals surface area contributed by atoms with Crippen molar-refractivity contribution in [2.24, 2.45) is 5.41 Å². The highest BCUT2D eigenvalue weighted by atomic mass is 16.7. The number of carbonyl (C=O) groups excluding carboxylic acids is 1. The Hall–Kier alpha value is -0.610. The van der Waals surface area contributed by atoms with Gasteiger partial charge < -0.3 is 14.8 Å². The predicted molar refractivity (Wildman–Crippen MR) is 48.2 cm³/mol. The largest absolute Gasteiger partial charge is 0.438 e. The van der Waals surface area contributed by atoms with E-state index in [1.54, 1.807) is 0 Å². The third kappa shape index (κ3) is 2.19. The summed E-state index contributed by atoms with van der Waals surface area (Å²) in [4.78, 5) is 11.6. The fourth-order valence-corrected chi connectivity index (χ4v) is 1.32. The maximum Gasteiger partial charge on any atom is 0.315 e. The van der Waals surface area contributed by atoms with Crippen molar-refractivity contribution in [1.29, 1.82) is 0 Å². The molecule has 1 aliphatic heterocycles. The van der Waals surface area contributed by atoms with Crippen LogP contribution in [0, 0.1) is 5.41 Å². The lowest BCUT2D eigenvalue weighted by Gasteiger charge is -2.24. The number of esters is 1. The summed E-state index contributed by atoms with van der Waals surface area (Å²) < 4.78 is 9.64. The van der Waals surface area contributed by atoms with Crippen molar-refractivity contribution < 1.29 is 14.3 Å². The second-order valence-electron chi connectivity index (χ2n) is 3.57. The first kappa shape index (κ1) is 10.5. The highest BCUT2D eigenvalue weighted by molar-refractivity contribution is 5.77. The molecule has 0 aliphatic carbocycles. The summed E-state index contributed by atoms with van der Waals surface area (Å²) in [6.07, 6.45) is 0.785. The standard InChI is InChI=1S/C9H17NO3/c1-4-9(2,7-5-10-7)8(11)13-6-12-3/h7,10H,4-6H2,1-3H3. The van der Waals surface area contributed by atoms with Crippen molar-refractivity contribution in [1.82, 2.24) is 5.32 Å². The van der Waals surface area contributed by atoms with E-state index in [-0.39, 0.29) is 18.8 Å². The van der Waals surface area contributed by atoms with Crippen molar-refractivity contribution in [3.63, 3.8) is 0 Å². The van der Waals surface area contributed by atoms with E-state index in [0.717, 1.165) is 13.0 Å². The van der Waals surface area contributed by atoms with Crippen LogP contribution in [0.3, 0.4) is 0 Å². The summed E-state index contributed by atoms with van der Waals surface area (Å²) in [5.41, 5.74) is -0.390. The first-order valence-corrected chi connectivity index (χ1v) is 4.54. The molecule has 1 fully saturated rings. The van der Waals surface area contributed by atoms with Crippen LogP contribution >= 0.6 is 0 Å². The van der Waals surface area contributed by atoms with Gasteiger partial charge in [0, 0.05) is 19.7 Å². The normalized spacial score (nSPS) is 25.0.